The third-order valence-electron chi connectivity index (χ3n) is 2.84. The van der Waals surface area contributed by atoms with Crippen LogP contribution in [0.4, 0.5) is 0 Å². The zero-order valence-corrected chi connectivity index (χ0v) is 10.1. The molecule has 0 aromatic heterocycles. The summed E-state index contributed by atoms with van der Waals surface area (Å²) in [6, 6.07) is 0.119. The standard InChI is InChI=1S/C11H20N2O3/c1-11(2,3)13-7-9(14)12-6-8(13)4-5-10(15)16/h8H,4-7H2,1-3H3,(H,12,14)(H,15,16). The number of piperazine rings is 1. The van der Waals surface area contributed by atoms with E-state index >= 15 is 0 Å². The van der Waals surface area contributed by atoms with Crippen molar-refractivity contribution < 1.29 is 14.7 Å². The molecular formula is C11H20N2O3. The Balaban J connectivity index is 2.65. The van der Waals surface area contributed by atoms with Crippen molar-refractivity contribution >= 4 is 11.9 Å². The van der Waals surface area contributed by atoms with Crippen molar-refractivity contribution in [2.45, 2.75) is 45.2 Å². The van der Waals surface area contributed by atoms with E-state index in [4.69, 9.17) is 5.11 Å². The van der Waals surface area contributed by atoms with E-state index in [1.165, 1.54) is 0 Å². The highest BCUT2D eigenvalue weighted by molar-refractivity contribution is 5.79. The second-order valence-electron chi connectivity index (χ2n) is 5.19. The van der Waals surface area contributed by atoms with Crippen LogP contribution in [-0.2, 0) is 9.59 Å². The predicted molar refractivity (Wildman–Crippen MR) is 60.1 cm³/mol. The zero-order chi connectivity index (χ0) is 12.3. The van der Waals surface area contributed by atoms with Crippen molar-refractivity contribution in [1.82, 2.24) is 10.2 Å². The Kier molecular flexibility index (Phi) is 3.91. The lowest BCUT2D eigenvalue weighted by molar-refractivity contribution is -0.137. The highest BCUT2D eigenvalue weighted by Crippen LogP contribution is 2.21. The number of carbonyl (C=O) groups excluding carboxylic acids is 1. The molecule has 0 spiro atoms. The first-order valence-electron chi connectivity index (χ1n) is 5.56. The molecule has 1 amide bonds. The van der Waals surface area contributed by atoms with Gasteiger partial charge in [0, 0.05) is 24.5 Å². The van der Waals surface area contributed by atoms with Crippen LogP contribution in [0.15, 0.2) is 0 Å². The molecule has 92 valence electrons. The zero-order valence-electron chi connectivity index (χ0n) is 10.1. The Morgan fingerprint density at radius 1 is 1.56 bits per heavy atom. The summed E-state index contributed by atoms with van der Waals surface area (Å²) in [6.07, 6.45) is 0.722. The molecule has 2 N–H and O–H groups in total. The van der Waals surface area contributed by atoms with Crippen molar-refractivity contribution in [3.8, 4) is 0 Å². The Bertz CT molecular complexity index is 283. The van der Waals surface area contributed by atoms with E-state index in [1.807, 2.05) is 20.8 Å². The van der Waals surface area contributed by atoms with Crippen molar-refractivity contribution in [2.24, 2.45) is 0 Å². The quantitative estimate of drug-likeness (QED) is 0.736. The number of carboxylic acid groups (broad SMARTS) is 1. The third-order valence-corrected chi connectivity index (χ3v) is 2.84. The summed E-state index contributed by atoms with van der Waals surface area (Å²) < 4.78 is 0. The van der Waals surface area contributed by atoms with Gasteiger partial charge in [0.15, 0.2) is 0 Å². The van der Waals surface area contributed by atoms with E-state index in [2.05, 4.69) is 10.2 Å². The first kappa shape index (κ1) is 13.0. The van der Waals surface area contributed by atoms with Crippen LogP contribution in [0.1, 0.15) is 33.6 Å². The van der Waals surface area contributed by atoms with Gasteiger partial charge >= 0.3 is 5.97 Å². The molecular weight excluding hydrogens is 208 g/mol. The van der Waals surface area contributed by atoms with Crippen LogP contribution in [0, 0.1) is 0 Å². The van der Waals surface area contributed by atoms with E-state index in [1.54, 1.807) is 0 Å². The van der Waals surface area contributed by atoms with Gasteiger partial charge in [0.25, 0.3) is 0 Å². The van der Waals surface area contributed by atoms with E-state index < -0.39 is 5.97 Å². The summed E-state index contributed by atoms with van der Waals surface area (Å²) in [5.74, 6) is -0.771. The number of carbonyl (C=O) groups is 2. The normalized spacial score (nSPS) is 22.9. The second kappa shape index (κ2) is 4.82. The lowest BCUT2D eigenvalue weighted by atomic mass is 9.98. The first-order chi connectivity index (χ1) is 7.30. The Hall–Kier alpha value is -1.10. The van der Waals surface area contributed by atoms with Crippen molar-refractivity contribution in [2.75, 3.05) is 13.1 Å². The van der Waals surface area contributed by atoms with Gasteiger partial charge in [0.05, 0.1) is 6.54 Å². The van der Waals surface area contributed by atoms with Gasteiger partial charge in [-0.1, -0.05) is 0 Å². The maximum Gasteiger partial charge on any atom is 0.303 e. The Morgan fingerprint density at radius 3 is 2.69 bits per heavy atom. The number of rotatable bonds is 3. The molecule has 5 heteroatoms. The number of carboxylic acids is 1. The molecule has 1 atom stereocenters. The maximum absolute atomic E-state index is 11.3. The van der Waals surface area contributed by atoms with E-state index in [-0.39, 0.29) is 23.9 Å². The first-order valence-corrected chi connectivity index (χ1v) is 5.56. The Labute approximate surface area is 95.8 Å². The SMILES string of the molecule is CC(C)(C)N1CC(=O)NCC1CCC(=O)O. The average Bonchev–Trinajstić information content (AvgIpc) is 2.14. The summed E-state index contributed by atoms with van der Waals surface area (Å²) >= 11 is 0. The fraction of sp³-hybridized carbons (Fsp3) is 0.818. The number of amides is 1. The molecule has 1 heterocycles. The lowest BCUT2D eigenvalue weighted by Crippen LogP contribution is -2.60. The van der Waals surface area contributed by atoms with Crippen molar-refractivity contribution in [1.29, 1.82) is 0 Å². The molecule has 1 unspecified atom stereocenters. The minimum Gasteiger partial charge on any atom is -0.481 e. The smallest absolute Gasteiger partial charge is 0.303 e. The highest BCUT2D eigenvalue weighted by atomic mass is 16.4. The van der Waals surface area contributed by atoms with Crippen LogP contribution >= 0.6 is 0 Å². The topological polar surface area (TPSA) is 69.6 Å². The van der Waals surface area contributed by atoms with Crippen LogP contribution in [0.3, 0.4) is 0 Å². The largest absolute Gasteiger partial charge is 0.481 e. The summed E-state index contributed by atoms with van der Waals surface area (Å²) in [5.41, 5.74) is -0.110. The molecule has 0 saturated carbocycles. The van der Waals surface area contributed by atoms with Crippen LogP contribution in [0.5, 0.6) is 0 Å². The van der Waals surface area contributed by atoms with Gasteiger partial charge in [-0.2, -0.15) is 0 Å². The minimum absolute atomic E-state index is 0.0153. The molecule has 1 saturated heterocycles. The summed E-state index contributed by atoms with van der Waals surface area (Å²) in [7, 11) is 0. The van der Waals surface area contributed by atoms with Crippen LogP contribution in [0.2, 0.25) is 0 Å². The van der Waals surface area contributed by atoms with Gasteiger partial charge in [-0.15, -0.1) is 0 Å². The summed E-state index contributed by atoms with van der Waals surface area (Å²) in [4.78, 5) is 24.0. The minimum atomic E-state index is -0.786. The van der Waals surface area contributed by atoms with Gasteiger partial charge in [-0.25, -0.2) is 0 Å². The molecule has 0 aliphatic carbocycles. The molecule has 1 aliphatic rings. The molecule has 1 rings (SSSR count). The highest BCUT2D eigenvalue weighted by Gasteiger charge is 2.33. The molecule has 1 fully saturated rings. The molecule has 1 aliphatic heterocycles. The van der Waals surface area contributed by atoms with Crippen molar-refractivity contribution in [3.63, 3.8) is 0 Å². The van der Waals surface area contributed by atoms with E-state index in [0.717, 1.165) is 0 Å². The number of hydrogen-bond donors (Lipinski definition) is 2. The fourth-order valence-electron chi connectivity index (χ4n) is 2.01. The predicted octanol–water partition coefficient (Wildman–Crippen LogP) is 0.450. The monoisotopic (exact) mass is 228 g/mol. The molecule has 0 bridgehead atoms. The van der Waals surface area contributed by atoms with Gasteiger partial charge < -0.3 is 10.4 Å². The van der Waals surface area contributed by atoms with E-state index in [9.17, 15) is 9.59 Å². The maximum atomic E-state index is 11.3. The average molecular weight is 228 g/mol. The number of nitrogens with zero attached hydrogens (tertiary/aromatic N) is 1. The molecule has 0 aromatic carbocycles. The summed E-state index contributed by atoms with van der Waals surface area (Å²) in [5, 5.41) is 11.5. The van der Waals surface area contributed by atoms with Crippen LogP contribution in [0.25, 0.3) is 0 Å². The van der Waals surface area contributed by atoms with Gasteiger partial charge in [-0.3, -0.25) is 14.5 Å². The van der Waals surface area contributed by atoms with Gasteiger partial charge in [0.1, 0.15) is 0 Å². The van der Waals surface area contributed by atoms with Crippen LogP contribution < -0.4 is 5.32 Å². The van der Waals surface area contributed by atoms with Gasteiger partial charge in [-0.05, 0) is 27.2 Å². The number of aliphatic carboxylic acids is 1. The fourth-order valence-corrected chi connectivity index (χ4v) is 2.01. The molecule has 5 nitrogen and oxygen atoms in total. The number of hydrogen-bond acceptors (Lipinski definition) is 3. The number of nitrogens with one attached hydrogen (secondary N) is 1. The lowest BCUT2D eigenvalue weighted by Gasteiger charge is -2.44. The molecule has 16 heavy (non-hydrogen) atoms. The summed E-state index contributed by atoms with van der Waals surface area (Å²) in [6.45, 7) is 7.02. The van der Waals surface area contributed by atoms with Gasteiger partial charge in [0.2, 0.25) is 5.91 Å². The molecule has 0 radical (unpaired) electrons. The van der Waals surface area contributed by atoms with Crippen molar-refractivity contribution in [3.05, 3.63) is 0 Å². The second-order valence-corrected chi connectivity index (χ2v) is 5.19. The van der Waals surface area contributed by atoms with Crippen LogP contribution in [-0.4, -0.2) is 46.6 Å². The Morgan fingerprint density at radius 2 is 2.19 bits per heavy atom. The molecule has 0 aromatic rings. The van der Waals surface area contributed by atoms with E-state index in [0.29, 0.717) is 19.5 Å². The third kappa shape index (κ3) is 3.48.